The molecule has 0 saturated heterocycles. The van der Waals surface area contributed by atoms with E-state index in [2.05, 4.69) is 20.5 Å². The van der Waals surface area contributed by atoms with Crippen LogP contribution in [0.2, 0.25) is 0 Å². The molecule has 160 valence electrons. The molecule has 3 aromatic rings. The van der Waals surface area contributed by atoms with Crippen LogP contribution in [0.5, 0.6) is 0 Å². The van der Waals surface area contributed by atoms with E-state index < -0.39 is 16.6 Å². The highest BCUT2D eigenvalue weighted by atomic mass is 32.2. The lowest BCUT2D eigenvalue weighted by Gasteiger charge is -2.12. The van der Waals surface area contributed by atoms with Crippen molar-refractivity contribution in [2.24, 2.45) is 7.05 Å². The number of rotatable bonds is 6. The first-order chi connectivity index (χ1) is 14.9. The number of pyridine rings is 1. The molecule has 1 N–H and O–H groups in total. The zero-order valence-corrected chi connectivity index (χ0v) is 17.4. The average molecular weight is 442 g/mol. The van der Waals surface area contributed by atoms with Crippen LogP contribution in [0.3, 0.4) is 0 Å². The second kappa shape index (κ2) is 8.80. The van der Waals surface area contributed by atoms with Gasteiger partial charge in [-0.3, -0.25) is 14.9 Å². The third kappa shape index (κ3) is 4.55. The molecule has 9 nitrogen and oxygen atoms in total. The van der Waals surface area contributed by atoms with Crippen LogP contribution in [0.15, 0.2) is 46.8 Å². The summed E-state index contributed by atoms with van der Waals surface area (Å²) >= 11 is 1.12. The SMILES string of the molecule is Cn1cnnc1Sc1ccc([N+](=O)[O-])cc1C(=O)Nc1ncc(C2CCCC2)cc1F. The van der Waals surface area contributed by atoms with Gasteiger partial charge in [0.05, 0.1) is 10.5 Å². The Morgan fingerprint density at radius 3 is 2.74 bits per heavy atom. The van der Waals surface area contributed by atoms with Crippen LogP contribution in [-0.4, -0.2) is 30.6 Å². The first-order valence-corrected chi connectivity index (χ1v) is 10.5. The van der Waals surface area contributed by atoms with E-state index in [4.69, 9.17) is 0 Å². The Labute approximate surface area is 181 Å². The molecule has 0 bridgehead atoms. The Morgan fingerprint density at radius 1 is 1.32 bits per heavy atom. The molecule has 2 heterocycles. The van der Waals surface area contributed by atoms with E-state index >= 15 is 0 Å². The molecule has 1 saturated carbocycles. The van der Waals surface area contributed by atoms with Crippen LogP contribution in [0, 0.1) is 15.9 Å². The number of halogens is 1. The van der Waals surface area contributed by atoms with Gasteiger partial charge in [0.25, 0.3) is 11.6 Å². The van der Waals surface area contributed by atoms with E-state index in [0.717, 1.165) is 49.1 Å². The van der Waals surface area contributed by atoms with Crippen molar-refractivity contribution in [3.63, 3.8) is 0 Å². The minimum Gasteiger partial charge on any atom is -0.311 e. The number of anilines is 1. The fourth-order valence-electron chi connectivity index (χ4n) is 3.56. The maximum Gasteiger partial charge on any atom is 0.270 e. The van der Waals surface area contributed by atoms with Crippen molar-refractivity contribution in [1.29, 1.82) is 0 Å². The first-order valence-electron chi connectivity index (χ1n) is 9.69. The van der Waals surface area contributed by atoms with Crippen molar-refractivity contribution in [3.05, 3.63) is 63.8 Å². The normalized spacial score (nSPS) is 14.0. The Balaban J connectivity index is 1.61. The van der Waals surface area contributed by atoms with E-state index in [1.807, 2.05) is 0 Å². The summed E-state index contributed by atoms with van der Waals surface area (Å²) < 4.78 is 16.3. The number of aryl methyl sites for hydroxylation is 1. The van der Waals surface area contributed by atoms with Crippen molar-refractivity contribution in [3.8, 4) is 0 Å². The van der Waals surface area contributed by atoms with Crippen LogP contribution in [0.1, 0.15) is 47.5 Å². The molecule has 0 aliphatic heterocycles. The van der Waals surface area contributed by atoms with Gasteiger partial charge >= 0.3 is 0 Å². The largest absolute Gasteiger partial charge is 0.311 e. The molecule has 0 unspecified atom stereocenters. The first kappa shape index (κ1) is 20.9. The summed E-state index contributed by atoms with van der Waals surface area (Å²) in [6.07, 6.45) is 7.31. The number of non-ortho nitro benzene ring substituents is 1. The number of nitrogens with zero attached hydrogens (tertiary/aromatic N) is 5. The van der Waals surface area contributed by atoms with Gasteiger partial charge in [-0.15, -0.1) is 10.2 Å². The molecule has 1 aliphatic carbocycles. The molecule has 0 spiro atoms. The summed E-state index contributed by atoms with van der Waals surface area (Å²) in [5.41, 5.74) is 0.586. The lowest BCUT2D eigenvalue weighted by Crippen LogP contribution is -2.16. The summed E-state index contributed by atoms with van der Waals surface area (Å²) in [5, 5.41) is 21.9. The number of hydrogen-bond donors (Lipinski definition) is 1. The van der Waals surface area contributed by atoms with Gasteiger partial charge in [0.2, 0.25) is 0 Å². The van der Waals surface area contributed by atoms with E-state index in [1.54, 1.807) is 17.8 Å². The van der Waals surface area contributed by atoms with Gasteiger partial charge in [-0.2, -0.15) is 0 Å². The Hall–Kier alpha value is -3.34. The smallest absolute Gasteiger partial charge is 0.270 e. The maximum absolute atomic E-state index is 14.6. The monoisotopic (exact) mass is 442 g/mol. The fraction of sp³-hybridized carbons (Fsp3) is 0.300. The average Bonchev–Trinajstić information content (AvgIpc) is 3.42. The van der Waals surface area contributed by atoms with Gasteiger partial charge in [-0.05, 0) is 48.2 Å². The lowest BCUT2D eigenvalue weighted by molar-refractivity contribution is -0.384. The predicted octanol–water partition coefficient (Wildman–Crippen LogP) is 4.32. The van der Waals surface area contributed by atoms with Gasteiger partial charge in [0, 0.05) is 30.3 Å². The van der Waals surface area contributed by atoms with Crippen LogP contribution in [0.25, 0.3) is 0 Å². The zero-order chi connectivity index (χ0) is 22.0. The van der Waals surface area contributed by atoms with Crippen molar-refractivity contribution in [2.75, 3.05) is 5.32 Å². The van der Waals surface area contributed by atoms with Gasteiger partial charge in [0.15, 0.2) is 16.8 Å². The molecule has 1 amide bonds. The van der Waals surface area contributed by atoms with Crippen molar-refractivity contribution in [1.82, 2.24) is 19.7 Å². The number of aromatic nitrogens is 4. The summed E-state index contributed by atoms with van der Waals surface area (Å²) in [4.78, 5) is 28.0. The Bertz CT molecular complexity index is 1150. The highest BCUT2D eigenvalue weighted by Crippen LogP contribution is 2.35. The van der Waals surface area contributed by atoms with Gasteiger partial charge in [0.1, 0.15) is 6.33 Å². The minimum absolute atomic E-state index is 0.0169. The van der Waals surface area contributed by atoms with E-state index in [9.17, 15) is 19.3 Å². The number of benzene rings is 1. The van der Waals surface area contributed by atoms with E-state index in [-0.39, 0.29) is 23.0 Å². The number of nitro benzene ring substituents is 1. The molecule has 31 heavy (non-hydrogen) atoms. The second-order valence-corrected chi connectivity index (χ2v) is 8.31. The van der Waals surface area contributed by atoms with Crippen LogP contribution >= 0.6 is 11.8 Å². The van der Waals surface area contributed by atoms with E-state index in [0.29, 0.717) is 10.1 Å². The quantitative estimate of drug-likeness (QED) is 0.446. The molecule has 1 fully saturated rings. The standard InChI is InChI=1S/C20H19FN6O3S/c1-26-11-23-25-20(26)31-17-7-6-14(27(29)30)9-15(17)19(28)24-18-16(21)8-13(10-22-18)12-4-2-3-5-12/h6-12H,2-5H2,1H3,(H,22,24,28). The number of carbonyl (C=O) groups is 1. The summed E-state index contributed by atoms with van der Waals surface area (Å²) in [5.74, 6) is -1.26. The summed E-state index contributed by atoms with van der Waals surface area (Å²) in [6.45, 7) is 0. The van der Waals surface area contributed by atoms with Crippen molar-refractivity contribution in [2.45, 2.75) is 41.7 Å². The molecular weight excluding hydrogens is 423 g/mol. The number of hydrogen-bond acceptors (Lipinski definition) is 7. The lowest BCUT2D eigenvalue weighted by atomic mass is 9.99. The second-order valence-electron chi connectivity index (χ2n) is 7.30. The number of amides is 1. The van der Waals surface area contributed by atoms with Crippen LogP contribution in [0.4, 0.5) is 15.9 Å². The number of nitrogens with one attached hydrogen (secondary N) is 1. The molecule has 1 aliphatic rings. The molecule has 1 aromatic carbocycles. The molecule has 0 atom stereocenters. The van der Waals surface area contributed by atoms with Crippen LogP contribution < -0.4 is 5.32 Å². The Morgan fingerprint density at radius 2 is 2.10 bits per heavy atom. The number of nitro groups is 1. The van der Waals surface area contributed by atoms with Crippen molar-refractivity contribution >= 4 is 29.2 Å². The predicted molar refractivity (Wildman–Crippen MR) is 112 cm³/mol. The minimum atomic E-state index is -0.701. The summed E-state index contributed by atoms with van der Waals surface area (Å²) in [6, 6.07) is 5.31. The fourth-order valence-corrected chi connectivity index (χ4v) is 4.44. The molecule has 4 rings (SSSR count). The summed E-state index contributed by atoms with van der Waals surface area (Å²) in [7, 11) is 1.73. The molecule has 0 radical (unpaired) electrons. The Kier molecular flexibility index (Phi) is 5.94. The highest BCUT2D eigenvalue weighted by molar-refractivity contribution is 7.99. The highest BCUT2D eigenvalue weighted by Gasteiger charge is 2.22. The molecular formula is C20H19FN6O3S. The topological polar surface area (TPSA) is 116 Å². The van der Waals surface area contributed by atoms with Crippen molar-refractivity contribution < 1.29 is 14.1 Å². The van der Waals surface area contributed by atoms with Gasteiger partial charge in [-0.1, -0.05) is 12.8 Å². The third-order valence-corrected chi connectivity index (χ3v) is 6.34. The zero-order valence-electron chi connectivity index (χ0n) is 16.6. The van der Waals surface area contributed by atoms with Crippen LogP contribution in [-0.2, 0) is 7.05 Å². The third-order valence-electron chi connectivity index (χ3n) is 5.21. The van der Waals surface area contributed by atoms with E-state index in [1.165, 1.54) is 24.5 Å². The van der Waals surface area contributed by atoms with Gasteiger partial charge in [-0.25, -0.2) is 9.37 Å². The van der Waals surface area contributed by atoms with Gasteiger partial charge < -0.3 is 9.88 Å². The number of carbonyl (C=O) groups excluding carboxylic acids is 1. The molecule has 11 heteroatoms. The molecule has 2 aromatic heterocycles. The maximum atomic E-state index is 14.6.